The Morgan fingerprint density at radius 2 is 2.20 bits per heavy atom. The van der Waals surface area contributed by atoms with Crippen molar-refractivity contribution in [3.8, 4) is 22.1 Å². The number of hydrogen-bond donors (Lipinski definition) is 1. The van der Waals surface area contributed by atoms with Crippen LogP contribution in [0.5, 0.6) is 5.75 Å². The molecule has 0 aliphatic heterocycles. The van der Waals surface area contributed by atoms with Gasteiger partial charge in [0.05, 0.1) is 7.11 Å². The van der Waals surface area contributed by atoms with Gasteiger partial charge in [-0.25, -0.2) is 4.98 Å². The molecule has 0 atom stereocenters. The van der Waals surface area contributed by atoms with Crippen molar-refractivity contribution in [3.05, 3.63) is 41.5 Å². The summed E-state index contributed by atoms with van der Waals surface area (Å²) in [5.41, 5.74) is 8.20. The minimum absolute atomic E-state index is 0.304. The topological polar surface area (TPSA) is 78.9 Å². The van der Waals surface area contributed by atoms with Crippen LogP contribution in [0.25, 0.3) is 16.4 Å². The van der Waals surface area contributed by atoms with Gasteiger partial charge in [-0.1, -0.05) is 17.3 Å². The van der Waals surface area contributed by atoms with Crippen molar-refractivity contribution in [2.75, 3.05) is 7.11 Å². The summed E-state index contributed by atoms with van der Waals surface area (Å²) < 4.78 is 7.11. The standard InChI is InChI=1S/C13H13N5OS/c1-19-11-5-3-2-4-9(11)12-10(8-14)16-17-18(12)13-15-6-7-20-13/h2-7H,8,14H2,1H3. The predicted octanol–water partition coefficient (Wildman–Crippen LogP) is 1.86. The number of para-hydroxylation sites is 1. The molecule has 2 heterocycles. The van der Waals surface area contributed by atoms with E-state index in [0.717, 1.165) is 22.1 Å². The fourth-order valence-electron chi connectivity index (χ4n) is 2.01. The van der Waals surface area contributed by atoms with Gasteiger partial charge in [0.2, 0.25) is 5.13 Å². The first-order valence-corrected chi connectivity index (χ1v) is 6.91. The summed E-state index contributed by atoms with van der Waals surface area (Å²) in [7, 11) is 1.64. The minimum Gasteiger partial charge on any atom is -0.496 e. The van der Waals surface area contributed by atoms with E-state index in [0.29, 0.717) is 12.2 Å². The van der Waals surface area contributed by atoms with Crippen LogP contribution in [0.15, 0.2) is 35.8 Å². The highest BCUT2D eigenvalue weighted by Crippen LogP contribution is 2.32. The van der Waals surface area contributed by atoms with Crippen molar-refractivity contribution in [1.29, 1.82) is 0 Å². The number of hydrogen-bond acceptors (Lipinski definition) is 6. The molecule has 0 bridgehead atoms. The van der Waals surface area contributed by atoms with Crippen molar-refractivity contribution < 1.29 is 4.74 Å². The normalized spacial score (nSPS) is 10.7. The van der Waals surface area contributed by atoms with E-state index >= 15 is 0 Å². The lowest BCUT2D eigenvalue weighted by Gasteiger charge is -2.09. The molecular formula is C13H13N5OS. The van der Waals surface area contributed by atoms with Crippen LogP contribution >= 0.6 is 11.3 Å². The summed E-state index contributed by atoms with van der Waals surface area (Å²) in [4.78, 5) is 4.27. The number of thiazole rings is 1. The summed E-state index contributed by atoms with van der Waals surface area (Å²) in [6.07, 6.45) is 1.73. The zero-order valence-electron chi connectivity index (χ0n) is 10.9. The maximum Gasteiger partial charge on any atom is 0.212 e. The van der Waals surface area contributed by atoms with E-state index in [4.69, 9.17) is 10.5 Å². The first kappa shape index (κ1) is 12.8. The molecule has 1 aromatic carbocycles. The molecule has 102 valence electrons. The number of ether oxygens (including phenoxy) is 1. The van der Waals surface area contributed by atoms with E-state index in [-0.39, 0.29) is 0 Å². The van der Waals surface area contributed by atoms with E-state index in [9.17, 15) is 0 Å². The van der Waals surface area contributed by atoms with Crippen LogP contribution in [0.4, 0.5) is 0 Å². The van der Waals surface area contributed by atoms with Gasteiger partial charge in [-0.3, -0.25) is 0 Å². The maximum absolute atomic E-state index is 5.77. The Kier molecular flexibility index (Phi) is 3.44. The maximum atomic E-state index is 5.77. The molecule has 20 heavy (non-hydrogen) atoms. The molecule has 3 rings (SSSR count). The van der Waals surface area contributed by atoms with Crippen molar-refractivity contribution in [1.82, 2.24) is 20.0 Å². The third kappa shape index (κ3) is 2.06. The Labute approximate surface area is 119 Å². The van der Waals surface area contributed by atoms with Gasteiger partial charge in [-0.2, -0.15) is 4.68 Å². The monoisotopic (exact) mass is 287 g/mol. The van der Waals surface area contributed by atoms with Crippen LogP contribution in [-0.4, -0.2) is 27.1 Å². The minimum atomic E-state index is 0.304. The first-order chi connectivity index (χ1) is 9.85. The molecule has 3 aromatic rings. The van der Waals surface area contributed by atoms with Crippen LogP contribution in [0.2, 0.25) is 0 Å². The highest BCUT2D eigenvalue weighted by atomic mass is 32.1. The highest BCUT2D eigenvalue weighted by molar-refractivity contribution is 7.12. The molecular weight excluding hydrogens is 274 g/mol. The second-order valence-electron chi connectivity index (χ2n) is 4.02. The summed E-state index contributed by atoms with van der Waals surface area (Å²) in [5, 5.41) is 10.9. The predicted molar refractivity (Wildman–Crippen MR) is 76.9 cm³/mol. The van der Waals surface area contributed by atoms with Crippen molar-refractivity contribution in [2.24, 2.45) is 5.73 Å². The van der Waals surface area contributed by atoms with Crippen molar-refractivity contribution in [2.45, 2.75) is 6.54 Å². The van der Waals surface area contributed by atoms with Crippen LogP contribution in [0.3, 0.4) is 0 Å². The number of rotatable bonds is 4. The van der Waals surface area contributed by atoms with Crippen LogP contribution in [0.1, 0.15) is 5.69 Å². The van der Waals surface area contributed by atoms with E-state index in [2.05, 4.69) is 15.3 Å². The molecule has 2 N–H and O–H groups in total. The molecule has 0 amide bonds. The summed E-state index contributed by atoms with van der Waals surface area (Å²) >= 11 is 1.49. The molecule has 0 unspecified atom stereocenters. The summed E-state index contributed by atoms with van der Waals surface area (Å²) in [6, 6.07) is 7.72. The van der Waals surface area contributed by atoms with Gasteiger partial charge < -0.3 is 10.5 Å². The van der Waals surface area contributed by atoms with E-state index in [1.807, 2.05) is 29.6 Å². The van der Waals surface area contributed by atoms with E-state index < -0.39 is 0 Å². The molecule has 0 aliphatic carbocycles. The van der Waals surface area contributed by atoms with Crippen LogP contribution < -0.4 is 10.5 Å². The van der Waals surface area contributed by atoms with Gasteiger partial charge in [0, 0.05) is 23.7 Å². The number of nitrogens with two attached hydrogens (primary N) is 1. The van der Waals surface area contributed by atoms with Crippen molar-refractivity contribution in [3.63, 3.8) is 0 Å². The molecule has 0 radical (unpaired) electrons. The average Bonchev–Trinajstić information content (AvgIpc) is 3.15. The Balaban J connectivity index is 2.24. The van der Waals surface area contributed by atoms with Crippen molar-refractivity contribution >= 4 is 11.3 Å². The molecule has 0 saturated carbocycles. The highest BCUT2D eigenvalue weighted by Gasteiger charge is 2.19. The van der Waals surface area contributed by atoms with Gasteiger partial charge in [0.25, 0.3) is 0 Å². The SMILES string of the molecule is COc1ccccc1-c1c(CN)nnn1-c1nccs1. The molecule has 0 spiro atoms. The van der Waals surface area contributed by atoms with Gasteiger partial charge in [0.15, 0.2) is 0 Å². The quantitative estimate of drug-likeness (QED) is 0.792. The largest absolute Gasteiger partial charge is 0.496 e. The number of benzene rings is 1. The average molecular weight is 287 g/mol. The third-order valence-corrected chi connectivity index (χ3v) is 3.64. The molecule has 2 aromatic heterocycles. The lowest BCUT2D eigenvalue weighted by Crippen LogP contribution is -2.03. The van der Waals surface area contributed by atoms with Crippen LogP contribution in [0, 0.1) is 0 Å². The van der Waals surface area contributed by atoms with E-state index in [1.54, 1.807) is 18.0 Å². The second kappa shape index (κ2) is 5.40. The Morgan fingerprint density at radius 1 is 1.35 bits per heavy atom. The van der Waals surface area contributed by atoms with Gasteiger partial charge in [-0.05, 0) is 12.1 Å². The Morgan fingerprint density at radius 3 is 2.90 bits per heavy atom. The zero-order valence-corrected chi connectivity index (χ0v) is 11.7. The van der Waals surface area contributed by atoms with Gasteiger partial charge >= 0.3 is 0 Å². The summed E-state index contributed by atoms with van der Waals surface area (Å²) in [5.74, 6) is 0.752. The molecule has 0 saturated heterocycles. The lowest BCUT2D eigenvalue weighted by atomic mass is 10.1. The molecule has 6 nitrogen and oxygen atoms in total. The fourth-order valence-corrected chi connectivity index (χ4v) is 2.61. The van der Waals surface area contributed by atoms with Crippen LogP contribution in [-0.2, 0) is 6.54 Å². The molecule has 0 aliphatic rings. The fraction of sp³-hybridized carbons (Fsp3) is 0.154. The smallest absolute Gasteiger partial charge is 0.212 e. The molecule has 7 heteroatoms. The Hall–Kier alpha value is -2.25. The Bertz CT molecular complexity index is 707. The van der Waals surface area contributed by atoms with E-state index in [1.165, 1.54) is 11.3 Å². The lowest BCUT2D eigenvalue weighted by molar-refractivity contribution is 0.416. The van der Waals surface area contributed by atoms with Gasteiger partial charge in [0.1, 0.15) is 17.1 Å². The number of nitrogens with zero attached hydrogens (tertiary/aromatic N) is 4. The third-order valence-electron chi connectivity index (χ3n) is 2.90. The van der Waals surface area contributed by atoms with Gasteiger partial charge in [-0.15, -0.1) is 16.4 Å². The first-order valence-electron chi connectivity index (χ1n) is 6.03. The zero-order chi connectivity index (χ0) is 13.9. The summed E-state index contributed by atoms with van der Waals surface area (Å²) in [6.45, 7) is 0.304. The number of methoxy groups -OCH3 is 1. The number of aromatic nitrogens is 4. The molecule has 0 fully saturated rings. The second-order valence-corrected chi connectivity index (χ2v) is 4.89.